The Morgan fingerprint density at radius 1 is 1.37 bits per heavy atom. The highest BCUT2D eigenvalue weighted by Gasteiger charge is 2.25. The van der Waals surface area contributed by atoms with Gasteiger partial charge in [-0.1, -0.05) is 32.0 Å². The van der Waals surface area contributed by atoms with Crippen molar-refractivity contribution in [1.29, 1.82) is 0 Å². The normalized spacial score (nSPS) is 13.1. The first-order valence-corrected chi connectivity index (χ1v) is 6.68. The van der Waals surface area contributed by atoms with Crippen LogP contribution < -0.4 is 5.32 Å². The third-order valence-electron chi connectivity index (χ3n) is 3.67. The number of hydrogen-bond donors (Lipinski definition) is 2. The van der Waals surface area contributed by atoms with Crippen LogP contribution in [-0.2, 0) is 4.79 Å². The van der Waals surface area contributed by atoms with E-state index in [4.69, 9.17) is 0 Å². The highest BCUT2D eigenvalue weighted by molar-refractivity contribution is 5.83. The Balaban J connectivity index is 2.67. The van der Waals surface area contributed by atoms with Gasteiger partial charge in [0.25, 0.3) is 0 Å². The van der Waals surface area contributed by atoms with Gasteiger partial charge in [0, 0.05) is 6.54 Å². The van der Waals surface area contributed by atoms with E-state index in [2.05, 4.69) is 5.32 Å². The van der Waals surface area contributed by atoms with Crippen LogP contribution in [0.3, 0.4) is 0 Å². The van der Waals surface area contributed by atoms with E-state index < -0.39 is 11.5 Å². The molecule has 0 bridgehead atoms. The molecule has 0 saturated carbocycles. The van der Waals surface area contributed by atoms with Crippen LogP contribution in [0.1, 0.15) is 45.1 Å². The lowest BCUT2D eigenvalue weighted by Crippen LogP contribution is -2.43. The quantitative estimate of drug-likeness (QED) is 0.832. The van der Waals surface area contributed by atoms with Crippen molar-refractivity contribution in [2.75, 3.05) is 6.54 Å². The Labute approximate surface area is 113 Å². The van der Waals surface area contributed by atoms with Gasteiger partial charge in [0.1, 0.15) is 5.82 Å². The number of halogens is 1. The van der Waals surface area contributed by atoms with Crippen molar-refractivity contribution >= 4 is 5.91 Å². The van der Waals surface area contributed by atoms with Crippen LogP contribution in [0.15, 0.2) is 24.3 Å². The summed E-state index contributed by atoms with van der Waals surface area (Å²) in [6.45, 7) is 5.59. The van der Waals surface area contributed by atoms with E-state index in [1.165, 1.54) is 6.07 Å². The average molecular weight is 267 g/mol. The second-order valence-electron chi connectivity index (χ2n) is 4.89. The van der Waals surface area contributed by atoms with Crippen molar-refractivity contribution in [3.63, 3.8) is 0 Å². The van der Waals surface area contributed by atoms with Crippen LogP contribution in [0.25, 0.3) is 0 Å². The largest absolute Gasteiger partial charge is 0.388 e. The molecule has 1 amide bonds. The van der Waals surface area contributed by atoms with E-state index in [0.29, 0.717) is 18.4 Å². The number of hydrogen-bond acceptors (Lipinski definition) is 2. The smallest absolute Gasteiger partial charge is 0.227 e. The van der Waals surface area contributed by atoms with Gasteiger partial charge in [-0.05, 0) is 31.4 Å². The van der Waals surface area contributed by atoms with Gasteiger partial charge in [-0.3, -0.25) is 4.79 Å². The standard InChI is InChI=1S/C15H22FNO2/c1-4-15(19,5-2)10-17-14(18)11(3)12-8-6-7-9-13(12)16/h6-9,11,19H,4-5,10H2,1-3H3,(H,17,18). The maximum atomic E-state index is 13.6. The molecule has 0 aliphatic carbocycles. The molecular weight excluding hydrogens is 245 g/mol. The summed E-state index contributed by atoms with van der Waals surface area (Å²) in [6.07, 6.45) is 1.13. The van der Waals surface area contributed by atoms with Crippen LogP contribution in [0.2, 0.25) is 0 Å². The van der Waals surface area contributed by atoms with E-state index >= 15 is 0 Å². The number of benzene rings is 1. The van der Waals surface area contributed by atoms with Gasteiger partial charge in [0.15, 0.2) is 0 Å². The molecular formula is C15H22FNO2. The van der Waals surface area contributed by atoms with Crippen LogP contribution in [0, 0.1) is 5.82 Å². The van der Waals surface area contributed by atoms with Gasteiger partial charge in [-0.25, -0.2) is 4.39 Å². The second-order valence-corrected chi connectivity index (χ2v) is 4.89. The molecule has 0 aromatic heterocycles. The molecule has 3 nitrogen and oxygen atoms in total. The molecule has 0 heterocycles. The Morgan fingerprint density at radius 3 is 2.47 bits per heavy atom. The van der Waals surface area contributed by atoms with Crippen molar-refractivity contribution in [1.82, 2.24) is 5.32 Å². The first-order valence-electron chi connectivity index (χ1n) is 6.68. The molecule has 0 fully saturated rings. The molecule has 4 heteroatoms. The SMILES string of the molecule is CCC(O)(CC)CNC(=O)C(C)c1ccccc1F. The Morgan fingerprint density at radius 2 is 1.95 bits per heavy atom. The minimum absolute atomic E-state index is 0.192. The van der Waals surface area contributed by atoms with Crippen LogP contribution in [0.5, 0.6) is 0 Å². The third kappa shape index (κ3) is 4.03. The van der Waals surface area contributed by atoms with Crippen molar-refractivity contribution in [2.24, 2.45) is 0 Å². The lowest BCUT2D eigenvalue weighted by atomic mass is 9.96. The highest BCUT2D eigenvalue weighted by atomic mass is 19.1. The number of nitrogens with one attached hydrogen (secondary N) is 1. The summed E-state index contributed by atoms with van der Waals surface area (Å²) in [5.74, 6) is -1.23. The number of carbonyl (C=O) groups excluding carboxylic acids is 1. The number of rotatable bonds is 6. The fourth-order valence-corrected chi connectivity index (χ4v) is 1.87. The minimum Gasteiger partial charge on any atom is -0.388 e. The lowest BCUT2D eigenvalue weighted by Gasteiger charge is -2.26. The molecule has 106 valence electrons. The van der Waals surface area contributed by atoms with Crippen molar-refractivity contribution < 1.29 is 14.3 Å². The van der Waals surface area contributed by atoms with Crippen LogP contribution in [0.4, 0.5) is 4.39 Å². The lowest BCUT2D eigenvalue weighted by molar-refractivity contribution is -0.123. The maximum absolute atomic E-state index is 13.6. The molecule has 0 aliphatic rings. The summed E-state index contributed by atoms with van der Waals surface area (Å²) in [4.78, 5) is 12.0. The molecule has 1 unspecified atom stereocenters. The molecule has 1 aromatic rings. The van der Waals surface area contributed by atoms with Crippen molar-refractivity contribution in [3.05, 3.63) is 35.6 Å². The zero-order valence-electron chi connectivity index (χ0n) is 11.7. The maximum Gasteiger partial charge on any atom is 0.227 e. The number of aliphatic hydroxyl groups is 1. The summed E-state index contributed by atoms with van der Waals surface area (Å²) in [5.41, 5.74) is -0.513. The zero-order valence-corrected chi connectivity index (χ0v) is 11.7. The van der Waals surface area contributed by atoms with Gasteiger partial charge in [0.05, 0.1) is 11.5 Å². The van der Waals surface area contributed by atoms with Gasteiger partial charge < -0.3 is 10.4 Å². The first-order chi connectivity index (χ1) is 8.93. The van der Waals surface area contributed by atoms with Crippen LogP contribution in [-0.4, -0.2) is 23.2 Å². The Kier molecular flexibility index (Phi) is 5.48. The first kappa shape index (κ1) is 15.6. The fraction of sp³-hybridized carbons (Fsp3) is 0.533. The summed E-state index contributed by atoms with van der Waals surface area (Å²) < 4.78 is 13.6. The van der Waals surface area contributed by atoms with E-state index in [-0.39, 0.29) is 18.3 Å². The van der Waals surface area contributed by atoms with Gasteiger partial charge in [-0.15, -0.1) is 0 Å². The van der Waals surface area contributed by atoms with E-state index in [1.807, 2.05) is 13.8 Å². The molecule has 0 aliphatic heterocycles. The Hall–Kier alpha value is -1.42. The van der Waals surface area contributed by atoms with Gasteiger partial charge in [-0.2, -0.15) is 0 Å². The Bertz CT molecular complexity index is 430. The van der Waals surface area contributed by atoms with Gasteiger partial charge in [0.2, 0.25) is 5.91 Å². The average Bonchev–Trinajstić information content (AvgIpc) is 2.44. The van der Waals surface area contributed by atoms with Crippen molar-refractivity contribution in [2.45, 2.75) is 45.1 Å². The van der Waals surface area contributed by atoms with Crippen molar-refractivity contribution in [3.8, 4) is 0 Å². The second kappa shape index (κ2) is 6.66. The molecule has 0 radical (unpaired) electrons. The minimum atomic E-state index is -0.884. The summed E-state index contributed by atoms with van der Waals surface area (Å²) >= 11 is 0. The molecule has 0 spiro atoms. The molecule has 19 heavy (non-hydrogen) atoms. The topological polar surface area (TPSA) is 49.3 Å². The van der Waals surface area contributed by atoms with E-state index in [0.717, 1.165) is 0 Å². The molecule has 1 rings (SSSR count). The molecule has 1 atom stereocenters. The molecule has 0 saturated heterocycles. The monoisotopic (exact) mass is 267 g/mol. The zero-order chi connectivity index (χ0) is 14.5. The molecule has 2 N–H and O–H groups in total. The summed E-state index contributed by atoms with van der Waals surface area (Å²) in [7, 11) is 0. The highest BCUT2D eigenvalue weighted by Crippen LogP contribution is 2.19. The number of carbonyl (C=O) groups is 1. The third-order valence-corrected chi connectivity index (χ3v) is 3.67. The van der Waals surface area contributed by atoms with E-state index in [1.54, 1.807) is 25.1 Å². The number of amides is 1. The molecule has 1 aromatic carbocycles. The fourth-order valence-electron chi connectivity index (χ4n) is 1.87. The summed E-state index contributed by atoms with van der Waals surface area (Å²) in [6, 6.07) is 6.24. The summed E-state index contributed by atoms with van der Waals surface area (Å²) in [5, 5.41) is 12.8. The van der Waals surface area contributed by atoms with E-state index in [9.17, 15) is 14.3 Å². The predicted molar refractivity (Wildman–Crippen MR) is 73.4 cm³/mol. The predicted octanol–water partition coefficient (Wildman–Crippen LogP) is 2.60. The van der Waals surface area contributed by atoms with Crippen LogP contribution >= 0.6 is 0 Å². The van der Waals surface area contributed by atoms with Gasteiger partial charge >= 0.3 is 0 Å².